The number of carboxylic acids is 1. The van der Waals surface area contributed by atoms with E-state index in [-0.39, 0.29) is 18.7 Å². The quantitative estimate of drug-likeness (QED) is 0.670. The number of aliphatic carboxylic acids is 1. The minimum Gasteiger partial charge on any atom is -0.478 e. The molecule has 1 N–H and O–H groups in total. The van der Waals surface area contributed by atoms with E-state index in [1.165, 1.54) is 10.6 Å². The molecular formula is C22H20N2O4. The van der Waals surface area contributed by atoms with Crippen LogP contribution in [-0.4, -0.2) is 20.2 Å². The molecule has 0 bridgehead atoms. The van der Waals surface area contributed by atoms with Crippen LogP contribution in [0.4, 0.5) is 0 Å². The number of hydrogen-bond donors (Lipinski definition) is 1. The molecule has 0 unspecified atom stereocenters. The number of carbonyl (C=O) groups is 1. The standard InChI is InChI=1S/C22H20N2O4/c1-16-19(12-13-20(25)26)21(27)24(15-18-10-6-3-7-11-18)22(28)23(16)14-17-8-4-2-5-9-17/h2-13H,14-15H2,1H3,(H,25,26). The molecule has 0 aliphatic rings. The van der Waals surface area contributed by atoms with Gasteiger partial charge in [-0.1, -0.05) is 60.7 Å². The first-order valence-corrected chi connectivity index (χ1v) is 8.80. The van der Waals surface area contributed by atoms with Gasteiger partial charge in [-0.15, -0.1) is 0 Å². The van der Waals surface area contributed by atoms with Crippen molar-refractivity contribution in [3.63, 3.8) is 0 Å². The summed E-state index contributed by atoms with van der Waals surface area (Å²) >= 11 is 0. The SMILES string of the molecule is Cc1c(C=CC(=O)O)c(=O)n(Cc2ccccc2)c(=O)n1Cc1ccccc1. The summed E-state index contributed by atoms with van der Waals surface area (Å²) in [6, 6.07) is 18.6. The number of benzene rings is 2. The van der Waals surface area contributed by atoms with Gasteiger partial charge in [0.1, 0.15) is 0 Å². The Morgan fingerprint density at radius 3 is 1.89 bits per heavy atom. The molecule has 0 aliphatic carbocycles. The van der Waals surface area contributed by atoms with E-state index in [0.29, 0.717) is 5.69 Å². The number of carboxylic acid groups (broad SMARTS) is 1. The second kappa shape index (κ2) is 8.35. The summed E-state index contributed by atoms with van der Waals surface area (Å²) in [5.74, 6) is -1.16. The number of aromatic nitrogens is 2. The van der Waals surface area contributed by atoms with Gasteiger partial charge in [0, 0.05) is 11.8 Å². The summed E-state index contributed by atoms with van der Waals surface area (Å²) in [5.41, 5.74) is 1.40. The highest BCUT2D eigenvalue weighted by molar-refractivity contribution is 5.85. The minimum atomic E-state index is -1.16. The molecule has 2 aromatic carbocycles. The molecule has 0 aliphatic heterocycles. The Hall–Kier alpha value is -3.67. The van der Waals surface area contributed by atoms with E-state index >= 15 is 0 Å². The monoisotopic (exact) mass is 376 g/mol. The molecule has 6 heteroatoms. The van der Waals surface area contributed by atoms with Gasteiger partial charge in [-0.05, 0) is 24.1 Å². The van der Waals surface area contributed by atoms with Crippen LogP contribution in [-0.2, 0) is 17.9 Å². The molecule has 0 saturated heterocycles. The Labute approximate surface area is 161 Å². The molecule has 28 heavy (non-hydrogen) atoms. The van der Waals surface area contributed by atoms with Crippen LogP contribution in [0.3, 0.4) is 0 Å². The normalized spacial score (nSPS) is 11.0. The van der Waals surface area contributed by atoms with E-state index < -0.39 is 17.2 Å². The van der Waals surface area contributed by atoms with Crippen LogP contribution < -0.4 is 11.2 Å². The van der Waals surface area contributed by atoms with Crippen molar-refractivity contribution in [1.29, 1.82) is 0 Å². The fourth-order valence-electron chi connectivity index (χ4n) is 3.03. The van der Waals surface area contributed by atoms with Crippen molar-refractivity contribution in [2.75, 3.05) is 0 Å². The summed E-state index contributed by atoms with van der Waals surface area (Å²) < 4.78 is 2.65. The van der Waals surface area contributed by atoms with E-state index in [2.05, 4.69) is 0 Å². The third kappa shape index (κ3) is 4.17. The lowest BCUT2D eigenvalue weighted by atomic mass is 10.1. The third-order valence-electron chi connectivity index (χ3n) is 4.49. The van der Waals surface area contributed by atoms with Gasteiger partial charge in [0.25, 0.3) is 5.56 Å². The zero-order chi connectivity index (χ0) is 20.1. The topological polar surface area (TPSA) is 81.3 Å². The first-order valence-electron chi connectivity index (χ1n) is 8.80. The van der Waals surface area contributed by atoms with Crippen molar-refractivity contribution >= 4 is 12.0 Å². The van der Waals surface area contributed by atoms with E-state index in [0.717, 1.165) is 21.8 Å². The molecule has 0 spiro atoms. The molecule has 6 nitrogen and oxygen atoms in total. The summed E-state index contributed by atoms with van der Waals surface area (Å²) in [4.78, 5) is 37.0. The highest BCUT2D eigenvalue weighted by Gasteiger charge is 2.15. The van der Waals surface area contributed by atoms with E-state index in [4.69, 9.17) is 5.11 Å². The fraction of sp³-hybridized carbons (Fsp3) is 0.136. The van der Waals surface area contributed by atoms with Crippen molar-refractivity contribution < 1.29 is 9.90 Å². The Kier molecular flexibility index (Phi) is 5.69. The molecule has 1 heterocycles. The Morgan fingerprint density at radius 2 is 1.39 bits per heavy atom. The molecule has 0 atom stereocenters. The highest BCUT2D eigenvalue weighted by Crippen LogP contribution is 2.08. The van der Waals surface area contributed by atoms with Gasteiger partial charge < -0.3 is 5.11 Å². The predicted octanol–water partition coefficient (Wildman–Crippen LogP) is 2.51. The Bertz CT molecular complexity index is 1130. The second-order valence-electron chi connectivity index (χ2n) is 6.40. The maximum absolute atomic E-state index is 13.1. The van der Waals surface area contributed by atoms with Crippen molar-refractivity contribution in [3.8, 4) is 0 Å². The van der Waals surface area contributed by atoms with Crippen molar-refractivity contribution in [1.82, 2.24) is 9.13 Å². The van der Waals surface area contributed by atoms with Crippen LogP contribution in [0.1, 0.15) is 22.4 Å². The first-order chi connectivity index (χ1) is 13.5. The molecule has 142 valence electrons. The lowest BCUT2D eigenvalue weighted by molar-refractivity contribution is -0.131. The van der Waals surface area contributed by atoms with Gasteiger partial charge >= 0.3 is 11.7 Å². The zero-order valence-corrected chi connectivity index (χ0v) is 15.4. The van der Waals surface area contributed by atoms with Crippen LogP contribution in [0.2, 0.25) is 0 Å². The zero-order valence-electron chi connectivity index (χ0n) is 15.4. The maximum Gasteiger partial charge on any atom is 0.331 e. The molecule has 1 aromatic heterocycles. The molecule has 3 rings (SSSR count). The van der Waals surface area contributed by atoms with Crippen molar-refractivity contribution in [3.05, 3.63) is 110 Å². The first kappa shape index (κ1) is 19.1. The number of rotatable bonds is 6. The summed E-state index contributed by atoms with van der Waals surface area (Å²) in [6.45, 7) is 2.05. The highest BCUT2D eigenvalue weighted by atomic mass is 16.4. The average Bonchev–Trinajstić information content (AvgIpc) is 2.70. The number of nitrogens with zero attached hydrogens (tertiary/aromatic N) is 2. The fourth-order valence-corrected chi connectivity index (χ4v) is 3.03. The maximum atomic E-state index is 13.1. The van der Waals surface area contributed by atoms with Crippen molar-refractivity contribution in [2.45, 2.75) is 20.0 Å². The Morgan fingerprint density at radius 1 is 0.893 bits per heavy atom. The van der Waals surface area contributed by atoms with Crippen molar-refractivity contribution in [2.24, 2.45) is 0 Å². The van der Waals surface area contributed by atoms with Gasteiger partial charge in [0.2, 0.25) is 0 Å². The van der Waals surface area contributed by atoms with Gasteiger partial charge in [0.05, 0.1) is 18.7 Å². The van der Waals surface area contributed by atoms with Crippen LogP contribution >= 0.6 is 0 Å². The van der Waals surface area contributed by atoms with Crippen LogP contribution in [0.15, 0.2) is 76.3 Å². The lowest BCUT2D eigenvalue weighted by Crippen LogP contribution is -2.42. The van der Waals surface area contributed by atoms with Crippen LogP contribution in [0, 0.1) is 6.92 Å². The van der Waals surface area contributed by atoms with Gasteiger partial charge in [0.15, 0.2) is 0 Å². The summed E-state index contributed by atoms with van der Waals surface area (Å²) in [5, 5.41) is 8.96. The largest absolute Gasteiger partial charge is 0.478 e. The van der Waals surface area contributed by atoms with E-state index in [1.807, 2.05) is 60.7 Å². The summed E-state index contributed by atoms with van der Waals surface area (Å²) in [6.07, 6.45) is 2.16. The van der Waals surface area contributed by atoms with E-state index in [1.54, 1.807) is 6.92 Å². The Balaban J connectivity index is 2.19. The van der Waals surface area contributed by atoms with Gasteiger partial charge in [-0.2, -0.15) is 0 Å². The number of hydrogen-bond acceptors (Lipinski definition) is 3. The molecule has 0 amide bonds. The molecule has 0 fully saturated rings. The smallest absolute Gasteiger partial charge is 0.331 e. The van der Waals surface area contributed by atoms with Gasteiger partial charge in [-0.3, -0.25) is 13.9 Å². The molecule has 0 radical (unpaired) electrons. The molecule has 3 aromatic rings. The van der Waals surface area contributed by atoms with E-state index in [9.17, 15) is 14.4 Å². The predicted molar refractivity (Wildman–Crippen MR) is 107 cm³/mol. The van der Waals surface area contributed by atoms with Crippen LogP contribution in [0.25, 0.3) is 6.08 Å². The second-order valence-corrected chi connectivity index (χ2v) is 6.40. The molecular weight excluding hydrogens is 356 g/mol. The summed E-state index contributed by atoms with van der Waals surface area (Å²) in [7, 11) is 0. The average molecular weight is 376 g/mol. The van der Waals surface area contributed by atoms with Gasteiger partial charge in [-0.25, -0.2) is 9.59 Å². The third-order valence-corrected chi connectivity index (χ3v) is 4.49. The van der Waals surface area contributed by atoms with Crippen LogP contribution in [0.5, 0.6) is 0 Å². The minimum absolute atomic E-state index is 0.113. The molecule has 0 saturated carbocycles. The lowest BCUT2D eigenvalue weighted by Gasteiger charge is -2.16.